The van der Waals surface area contributed by atoms with Gasteiger partial charge in [-0.1, -0.05) is 18.2 Å². The van der Waals surface area contributed by atoms with Gasteiger partial charge in [0.25, 0.3) is 5.91 Å². The first-order valence-corrected chi connectivity index (χ1v) is 9.81. The minimum absolute atomic E-state index is 0.0158. The quantitative estimate of drug-likeness (QED) is 0.508. The summed E-state index contributed by atoms with van der Waals surface area (Å²) in [5.41, 5.74) is 3.10. The summed E-state index contributed by atoms with van der Waals surface area (Å²) in [5.74, 6) is -0.416. The van der Waals surface area contributed by atoms with Crippen molar-refractivity contribution in [3.05, 3.63) is 72.2 Å². The van der Waals surface area contributed by atoms with Gasteiger partial charge in [0.15, 0.2) is 0 Å². The van der Waals surface area contributed by atoms with Crippen LogP contribution in [-0.2, 0) is 9.53 Å². The highest BCUT2D eigenvalue weighted by molar-refractivity contribution is 6.02. The molecule has 1 aromatic carbocycles. The number of rotatable bonds is 6. The number of aromatic nitrogens is 3. The second kappa shape index (κ2) is 9.16. The Bertz CT molecular complexity index is 1080. The Morgan fingerprint density at radius 2 is 2.07 bits per heavy atom. The molecule has 7 nitrogen and oxygen atoms in total. The molecule has 0 spiro atoms. The molecule has 1 amide bonds. The molecule has 1 aliphatic rings. The van der Waals surface area contributed by atoms with Crippen molar-refractivity contribution < 1.29 is 9.53 Å². The molecule has 1 atom stereocenters. The van der Waals surface area contributed by atoms with E-state index >= 15 is 0 Å². The van der Waals surface area contributed by atoms with Gasteiger partial charge in [0.05, 0.1) is 11.8 Å². The fraction of sp³-hybridized carbons (Fsp3) is 0.217. The smallest absolute Gasteiger partial charge is 0.262 e. The zero-order chi connectivity index (χ0) is 20.8. The zero-order valence-electron chi connectivity index (χ0n) is 16.4. The van der Waals surface area contributed by atoms with E-state index in [1.165, 1.54) is 0 Å². The van der Waals surface area contributed by atoms with Crippen molar-refractivity contribution in [3.63, 3.8) is 0 Å². The van der Waals surface area contributed by atoms with Crippen LogP contribution in [0.2, 0.25) is 0 Å². The van der Waals surface area contributed by atoms with Gasteiger partial charge in [-0.2, -0.15) is 10.4 Å². The van der Waals surface area contributed by atoms with E-state index in [0.29, 0.717) is 17.8 Å². The maximum atomic E-state index is 12.6. The Kier molecular flexibility index (Phi) is 5.97. The number of nitrogens with zero attached hydrogens (tertiary/aromatic N) is 4. The van der Waals surface area contributed by atoms with E-state index in [9.17, 15) is 10.1 Å². The predicted octanol–water partition coefficient (Wildman–Crippen LogP) is 3.14. The molecule has 0 bridgehead atoms. The van der Waals surface area contributed by atoms with Crippen molar-refractivity contribution in [1.82, 2.24) is 20.1 Å². The van der Waals surface area contributed by atoms with Crippen LogP contribution in [0, 0.1) is 11.3 Å². The predicted molar refractivity (Wildman–Crippen MR) is 112 cm³/mol. The normalized spacial score (nSPS) is 16.2. The molecule has 1 N–H and O–H groups in total. The van der Waals surface area contributed by atoms with Crippen LogP contribution in [0.3, 0.4) is 0 Å². The SMILES string of the molecule is N#C/C(=C/c1cn(-c2ccccc2)nc1-c1ccncc1)C(=O)NCC1CCCO1. The van der Waals surface area contributed by atoms with Crippen LogP contribution in [0.5, 0.6) is 0 Å². The maximum absolute atomic E-state index is 12.6. The number of para-hydroxylation sites is 1. The molecule has 0 radical (unpaired) electrons. The third-order valence-electron chi connectivity index (χ3n) is 4.90. The summed E-state index contributed by atoms with van der Waals surface area (Å²) in [5, 5.41) is 17.1. The number of ether oxygens (including phenoxy) is 1. The fourth-order valence-electron chi connectivity index (χ4n) is 3.35. The van der Waals surface area contributed by atoms with Gasteiger partial charge in [-0.3, -0.25) is 9.78 Å². The molecule has 1 saturated heterocycles. The molecule has 1 aliphatic heterocycles. The lowest BCUT2D eigenvalue weighted by molar-refractivity contribution is -0.117. The molecule has 3 heterocycles. The molecule has 2 aromatic heterocycles. The van der Waals surface area contributed by atoms with Gasteiger partial charge in [-0.25, -0.2) is 4.68 Å². The molecule has 1 fully saturated rings. The van der Waals surface area contributed by atoms with Gasteiger partial charge >= 0.3 is 0 Å². The van der Waals surface area contributed by atoms with Crippen molar-refractivity contribution in [3.8, 4) is 23.0 Å². The number of nitrogens with one attached hydrogen (secondary N) is 1. The van der Waals surface area contributed by atoms with E-state index in [4.69, 9.17) is 4.74 Å². The topological polar surface area (TPSA) is 92.8 Å². The third-order valence-corrected chi connectivity index (χ3v) is 4.90. The lowest BCUT2D eigenvalue weighted by Gasteiger charge is -2.10. The minimum Gasteiger partial charge on any atom is -0.376 e. The van der Waals surface area contributed by atoms with Crippen LogP contribution >= 0.6 is 0 Å². The summed E-state index contributed by atoms with van der Waals surface area (Å²) in [4.78, 5) is 16.6. The van der Waals surface area contributed by atoms with E-state index in [-0.39, 0.29) is 11.7 Å². The van der Waals surface area contributed by atoms with E-state index in [1.54, 1.807) is 23.2 Å². The van der Waals surface area contributed by atoms with Crippen LogP contribution < -0.4 is 5.32 Å². The maximum Gasteiger partial charge on any atom is 0.262 e. The molecule has 1 unspecified atom stereocenters. The van der Waals surface area contributed by atoms with Crippen LogP contribution in [0.15, 0.2) is 66.6 Å². The van der Waals surface area contributed by atoms with Gasteiger partial charge in [0.1, 0.15) is 17.3 Å². The lowest BCUT2D eigenvalue weighted by Crippen LogP contribution is -2.32. The number of carbonyl (C=O) groups is 1. The molecule has 0 saturated carbocycles. The second-order valence-corrected chi connectivity index (χ2v) is 6.96. The standard InChI is InChI=1S/C23H21N5O2/c24-14-18(23(29)26-15-21-7-4-12-30-21)13-19-16-28(20-5-2-1-3-6-20)27-22(19)17-8-10-25-11-9-17/h1-3,5-6,8-11,13,16,21H,4,7,12,15H2,(H,26,29)/b18-13-. The van der Waals surface area contributed by atoms with E-state index < -0.39 is 5.91 Å². The van der Waals surface area contributed by atoms with Gasteiger partial charge in [-0.05, 0) is 43.2 Å². The molecule has 150 valence electrons. The van der Waals surface area contributed by atoms with Crippen LogP contribution in [-0.4, -0.2) is 39.9 Å². The zero-order valence-corrected chi connectivity index (χ0v) is 16.4. The van der Waals surface area contributed by atoms with Crippen molar-refractivity contribution >= 4 is 12.0 Å². The van der Waals surface area contributed by atoms with Gasteiger partial charge in [0, 0.05) is 42.9 Å². The average Bonchev–Trinajstić information content (AvgIpc) is 3.47. The number of amides is 1. The van der Waals surface area contributed by atoms with Gasteiger partial charge in [-0.15, -0.1) is 0 Å². The summed E-state index contributed by atoms with van der Waals surface area (Å²) in [6, 6.07) is 15.4. The molecular weight excluding hydrogens is 378 g/mol. The summed E-state index contributed by atoms with van der Waals surface area (Å²) < 4.78 is 7.26. The third kappa shape index (κ3) is 4.45. The highest BCUT2D eigenvalue weighted by Crippen LogP contribution is 2.25. The Morgan fingerprint density at radius 3 is 2.77 bits per heavy atom. The first kappa shape index (κ1) is 19.6. The van der Waals surface area contributed by atoms with Gasteiger partial charge in [0.2, 0.25) is 0 Å². The van der Waals surface area contributed by atoms with Crippen LogP contribution in [0.25, 0.3) is 23.0 Å². The fourth-order valence-corrected chi connectivity index (χ4v) is 3.35. The summed E-state index contributed by atoms with van der Waals surface area (Å²) in [7, 11) is 0. The van der Waals surface area contributed by atoms with E-state index in [1.807, 2.05) is 54.7 Å². The van der Waals surface area contributed by atoms with Crippen LogP contribution in [0.1, 0.15) is 18.4 Å². The van der Waals surface area contributed by atoms with Crippen molar-refractivity contribution in [2.75, 3.05) is 13.2 Å². The summed E-state index contributed by atoms with van der Waals surface area (Å²) in [6.07, 6.45) is 8.69. The molecule has 30 heavy (non-hydrogen) atoms. The molecule has 3 aromatic rings. The number of pyridine rings is 1. The van der Waals surface area contributed by atoms with Crippen molar-refractivity contribution in [2.45, 2.75) is 18.9 Å². The minimum atomic E-state index is -0.416. The first-order valence-electron chi connectivity index (χ1n) is 9.81. The second-order valence-electron chi connectivity index (χ2n) is 6.96. The van der Waals surface area contributed by atoms with Crippen molar-refractivity contribution in [2.24, 2.45) is 0 Å². The largest absolute Gasteiger partial charge is 0.376 e. The summed E-state index contributed by atoms with van der Waals surface area (Å²) in [6.45, 7) is 1.12. The molecule has 4 rings (SSSR count). The lowest BCUT2D eigenvalue weighted by atomic mass is 10.1. The number of hydrogen-bond acceptors (Lipinski definition) is 5. The molecule has 0 aliphatic carbocycles. The van der Waals surface area contributed by atoms with E-state index in [0.717, 1.165) is 30.7 Å². The first-order chi connectivity index (χ1) is 14.7. The van der Waals surface area contributed by atoms with Gasteiger partial charge < -0.3 is 10.1 Å². The van der Waals surface area contributed by atoms with Crippen molar-refractivity contribution in [1.29, 1.82) is 5.26 Å². The summed E-state index contributed by atoms with van der Waals surface area (Å²) >= 11 is 0. The molecular formula is C23H21N5O2. The number of nitriles is 1. The highest BCUT2D eigenvalue weighted by atomic mass is 16.5. The number of hydrogen-bond donors (Lipinski definition) is 1. The Hall–Kier alpha value is -3.76. The van der Waals surface area contributed by atoms with E-state index in [2.05, 4.69) is 15.4 Å². The Balaban J connectivity index is 1.66. The Morgan fingerprint density at radius 1 is 1.27 bits per heavy atom. The van der Waals surface area contributed by atoms with Crippen LogP contribution in [0.4, 0.5) is 0 Å². The Labute approximate surface area is 174 Å². The highest BCUT2D eigenvalue weighted by Gasteiger charge is 2.19. The number of benzene rings is 1. The molecule has 7 heteroatoms. The average molecular weight is 399 g/mol. The monoisotopic (exact) mass is 399 g/mol. The number of carbonyl (C=O) groups excluding carboxylic acids is 1.